The minimum atomic E-state index is -0.646. The van der Waals surface area contributed by atoms with E-state index in [1.807, 2.05) is 44.2 Å². The lowest BCUT2D eigenvalue weighted by atomic mass is 10.2. The zero-order valence-corrected chi connectivity index (χ0v) is 14.0. The number of anilines is 1. The molecule has 2 rings (SSSR count). The third-order valence-electron chi connectivity index (χ3n) is 3.03. The third kappa shape index (κ3) is 4.34. The van der Waals surface area contributed by atoms with E-state index in [4.69, 9.17) is 9.47 Å². The molecular formula is C17H21N3O4. The van der Waals surface area contributed by atoms with E-state index in [1.165, 1.54) is 10.9 Å². The Morgan fingerprint density at radius 1 is 1.21 bits per heavy atom. The zero-order valence-electron chi connectivity index (χ0n) is 14.0. The molecule has 1 aromatic carbocycles. The van der Waals surface area contributed by atoms with Gasteiger partial charge in [-0.05, 0) is 25.0 Å². The summed E-state index contributed by atoms with van der Waals surface area (Å²) in [7, 11) is 0. The molecular weight excluding hydrogens is 310 g/mol. The number of carbonyl (C=O) groups is 2. The van der Waals surface area contributed by atoms with E-state index in [0.29, 0.717) is 5.69 Å². The number of nitrogens with zero attached hydrogens (tertiary/aromatic N) is 2. The number of rotatable bonds is 6. The molecule has 0 saturated carbocycles. The van der Waals surface area contributed by atoms with Gasteiger partial charge in [0.2, 0.25) is 0 Å². The van der Waals surface area contributed by atoms with Gasteiger partial charge in [0.15, 0.2) is 5.82 Å². The highest BCUT2D eigenvalue weighted by Gasteiger charge is 2.22. The smallest absolute Gasteiger partial charge is 0.412 e. The molecule has 1 heterocycles. The molecule has 0 fully saturated rings. The highest BCUT2D eigenvalue weighted by Crippen LogP contribution is 2.21. The molecule has 0 atom stereocenters. The molecule has 1 aromatic heterocycles. The lowest BCUT2D eigenvalue weighted by Crippen LogP contribution is -2.20. The van der Waals surface area contributed by atoms with E-state index < -0.39 is 12.1 Å². The maximum atomic E-state index is 12.1. The number of para-hydroxylation sites is 1. The van der Waals surface area contributed by atoms with Gasteiger partial charge in [-0.3, -0.25) is 5.32 Å². The zero-order chi connectivity index (χ0) is 17.5. The normalized spacial score (nSPS) is 10.5. The van der Waals surface area contributed by atoms with Crippen LogP contribution in [0.2, 0.25) is 0 Å². The van der Waals surface area contributed by atoms with E-state index in [9.17, 15) is 9.59 Å². The van der Waals surface area contributed by atoms with E-state index in [2.05, 4.69) is 10.4 Å². The van der Waals surface area contributed by atoms with Gasteiger partial charge >= 0.3 is 12.1 Å². The summed E-state index contributed by atoms with van der Waals surface area (Å²) in [5.41, 5.74) is 0.870. The average Bonchev–Trinajstić information content (AvgIpc) is 2.97. The van der Waals surface area contributed by atoms with Crippen LogP contribution in [0.15, 0.2) is 36.5 Å². The Morgan fingerprint density at radius 3 is 2.54 bits per heavy atom. The minimum absolute atomic E-state index is 0.169. The monoisotopic (exact) mass is 331 g/mol. The second-order valence-corrected chi connectivity index (χ2v) is 5.49. The van der Waals surface area contributed by atoms with Crippen LogP contribution < -0.4 is 5.32 Å². The van der Waals surface area contributed by atoms with Gasteiger partial charge in [-0.15, -0.1) is 0 Å². The molecule has 128 valence electrons. The predicted octanol–water partition coefficient (Wildman–Crippen LogP) is 3.25. The van der Waals surface area contributed by atoms with Crippen LogP contribution in [0.5, 0.6) is 0 Å². The molecule has 0 bridgehead atoms. The Labute approximate surface area is 140 Å². The van der Waals surface area contributed by atoms with Crippen LogP contribution in [0.1, 0.15) is 31.1 Å². The quantitative estimate of drug-likeness (QED) is 0.822. The second-order valence-electron chi connectivity index (χ2n) is 5.49. The molecule has 1 N–H and O–H groups in total. The predicted molar refractivity (Wildman–Crippen MR) is 89.3 cm³/mol. The molecule has 0 spiro atoms. The van der Waals surface area contributed by atoms with E-state index in [0.717, 1.165) is 0 Å². The number of hydrogen-bond donors (Lipinski definition) is 1. The van der Waals surface area contributed by atoms with Crippen LogP contribution in [-0.4, -0.2) is 35.1 Å². The molecule has 2 aromatic rings. The summed E-state index contributed by atoms with van der Waals surface area (Å²) in [4.78, 5) is 24.1. The number of amides is 1. The molecule has 7 heteroatoms. The fraction of sp³-hybridized carbons (Fsp3) is 0.353. The van der Waals surface area contributed by atoms with Crippen molar-refractivity contribution in [2.75, 3.05) is 18.5 Å². The van der Waals surface area contributed by atoms with Crippen LogP contribution in [0.3, 0.4) is 0 Å². The number of aromatic nitrogens is 2. The highest BCUT2D eigenvalue weighted by atomic mass is 16.5. The van der Waals surface area contributed by atoms with Gasteiger partial charge in [0.25, 0.3) is 0 Å². The molecule has 0 unspecified atom stereocenters. The first kappa shape index (κ1) is 17.5. The van der Waals surface area contributed by atoms with Crippen LogP contribution in [0.4, 0.5) is 10.6 Å². The number of benzene rings is 1. The van der Waals surface area contributed by atoms with Gasteiger partial charge in [0.05, 0.1) is 25.1 Å². The van der Waals surface area contributed by atoms with Crippen molar-refractivity contribution in [3.8, 4) is 5.69 Å². The first-order valence-corrected chi connectivity index (χ1v) is 7.77. The van der Waals surface area contributed by atoms with Crippen molar-refractivity contribution in [3.63, 3.8) is 0 Å². The summed E-state index contributed by atoms with van der Waals surface area (Å²) in [6.07, 6.45) is 0.718. The SMILES string of the molecule is CCOC(=O)c1cnn(-c2ccccc2)c1NC(=O)OCC(C)C. The number of nitrogens with one attached hydrogen (secondary N) is 1. The Kier molecular flexibility index (Phi) is 5.95. The van der Waals surface area contributed by atoms with Crippen LogP contribution >= 0.6 is 0 Å². The van der Waals surface area contributed by atoms with Crippen molar-refractivity contribution >= 4 is 17.9 Å². The van der Waals surface area contributed by atoms with Crippen molar-refractivity contribution in [2.24, 2.45) is 5.92 Å². The molecule has 0 aliphatic heterocycles. The van der Waals surface area contributed by atoms with Gasteiger partial charge in [0.1, 0.15) is 5.56 Å². The Bertz CT molecular complexity index is 695. The summed E-state index contributed by atoms with van der Waals surface area (Å²) in [5.74, 6) is -0.133. The summed E-state index contributed by atoms with van der Waals surface area (Å²) in [6, 6.07) is 9.16. The lowest BCUT2D eigenvalue weighted by molar-refractivity contribution is 0.0527. The summed E-state index contributed by atoms with van der Waals surface area (Å²) in [5, 5.41) is 6.77. The molecule has 0 aliphatic carbocycles. The Morgan fingerprint density at radius 2 is 1.92 bits per heavy atom. The fourth-order valence-electron chi connectivity index (χ4n) is 1.97. The second kappa shape index (κ2) is 8.14. The average molecular weight is 331 g/mol. The van der Waals surface area contributed by atoms with Crippen molar-refractivity contribution < 1.29 is 19.1 Å². The standard InChI is InChI=1S/C17H21N3O4/c1-4-23-16(21)14-10-18-20(13-8-6-5-7-9-13)15(14)19-17(22)24-11-12(2)3/h5-10,12H,4,11H2,1-3H3,(H,19,22). The van der Waals surface area contributed by atoms with E-state index >= 15 is 0 Å². The molecule has 7 nitrogen and oxygen atoms in total. The summed E-state index contributed by atoms with van der Waals surface area (Å²) < 4.78 is 11.6. The maximum absolute atomic E-state index is 12.1. The van der Waals surface area contributed by atoms with Gasteiger partial charge in [-0.2, -0.15) is 5.10 Å². The molecule has 1 amide bonds. The lowest BCUT2D eigenvalue weighted by Gasteiger charge is -2.12. The Balaban J connectivity index is 2.32. The molecule has 0 saturated heterocycles. The number of ether oxygens (including phenoxy) is 2. The van der Waals surface area contributed by atoms with E-state index in [1.54, 1.807) is 6.92 Å². The molecule has 0 radical (unpaired) electrons. The van der Waals surface area contributed by atoms with Crippen molar-refractivity contribution in [2.45, 2.75) is 20.8 Å². The van der Waals surface area contributed by atoms with Gasteiger partial charge in [-0.1, -0.05) is 32.0 Å². The topological polar surface area (TPSA) is 82.5 Å². The largest absolute Gasteiger partial charge is 0.462 e. The number of hydrogen-bond acceptors (Lipinski definition) is 5. The van der Waals surface area contributed by atoms with Gasteiger partial charge in [-0.25, -0.2) is 14.3 Å². The van der Waals surface area contributed by atoms with Crippen molar-refractivity contribution in [1.29, 1.82) is 0 Å². The maximum Gasteiger partial charge on any atom is 0.412 e. The highest BCUT2D eigenvalue weighted by molar-refractivity contribution is 5.98. The number of carbonyl (C=O) groups excluding carboxylic acids is 2. The molecule has 0 aliphatic rings. The van der Waals surface area contributed by atoms with Crippen LogP contribution in [-0.2, 0) is 9.47 Å². The van der Waals surface area contributed by atoms with Gasteiger partial charge in [0, 0.05) is 0 Å². The first-order valence-electron chi connectivity index (χ1n) is 7.77. The minimum Gasteiger partial charge on any atom is -0.462 e. The summed E-state index contributed by atoms with van der Waals surface area (Å²) in [6.45, 7) is 6.09. The van der Waals surface area contributed by atoms with Crippen molar-refractivity contribution in [3.05, 3.63) is 42.1 Å². The molecule has 24 heavy (non-hydrogen) atoms. The van der Waals surface area contributed by atoms with E-state index in [-0.39, 0.29) is 30.5 Å². The Hall–Kier alpha value is -2.83. The van der Waals surface area contributed by atoms with Crippen molar-refractivity contribution in [1.82, 2.24) is 9.78 Å². The number of esters is 1. The fourth-order valence-corrected chi connectivity index (χ4v) is 1.97. The van der Waals surface area contributed by atoms with Crippen LogP contribution in [0, 0.1) is 5.92 Å². The third-order valence-corrected chi connectivity index (χ3v) is 3.03. The van der Waals surface area contributed by atoms with Gasteiger partial charge < -0.3 is 9.47 Å². The summed E-state index contributed by atoms with van der Waals surface area (Å²) >= 11 is 0. The first-order chi connectivity index (χ1) is 11.5. The van der Waals surface area contributed by atoms with Crippen LogP contribution in [0.25, 0.3) is 5.69 Å².